The smallest absolute Gasteiger partial charge is 0.253 e. The Morgan fingerprint density at radius 3 is 2.71 bits per heavy atom. The molecule has 17 heavy (non-hydrogen) atoms. The summed E-state index contributed by atoms with van der Waals surface area (Å²) < 4.78 is 12.9. The Hall–Kier alpha value is -1.49. The molecule has 0 radical (unpaired) electrons. The monoisotopic (exact) mass is 237 g/mol. The zero-order chi connectivity index (χ0) is 12.3. The minimum Gasteiger partial charge on any atom is -0.349 e. The van der Waals surface area contributed by atoms with E-state index in [1.807, 2.05) is 0 Å². The predicted molar refractivity (Wildman–Crippen MR) is 61.9 cm³/mol. The van der Waals surface area contributed by atoms with Crippen LogP contribution in [0.5, 0.6) is 0 Å². The summed E-state index contributed by atoms with van der Waals surface area (Å²) in [5.41, 5.74) is 6.05. The van der Waals surface area contributed by atoms with Crippen LogP contribution in [-0.4, -0.2) is 23.0 Å². The van der Waals surface area contributed by atoms with Crippen LogP contribution in [-0.2, 0) is 0 Å². The molecule has 5 heteroatoms. The quantitative estimate of drug-likeness (QED) is 0.812. The fraction of sp³-hybridized carbons (Fsp3) is 0.500. The summed E-state index contributed by atoms with van der Waals surface area (Å²) in [7, 11) is 0. The van der Waals surface area contributed by atoms with Crippen LogP contribution in [0.3, 0.4) is 0 Å². The summed E-state index contributed by atoms with van der Waals surface area (Å²) >= 11 is 0. The van der Waals surface area contributed by atoms with Crippen molar-refractivity contribution in [1.29, 1.82) is 0 Å². The molecule has 0 spiro atoms. The second-order valence-corrected chi connectivity index (χ2v) is 4.48. The SMILES string of the molecule is N[C@H]1CC[C@H](NC(=O)c2cncc(F)c2)CC1. The summed E-state index contributed by atoms with van der Waals surface area (Å²) in [5.74, 6) is -0.763. The third-order valence-corrected chi connectivity index (χ3v) is 3.07. The number of amides is 1. The van der Waals surface area contributed by atoms with Gasteiger partial charge in [-0.05, 0) is 31.7 Å². The summed E-state index contributed by atoms with van der Waals surface area (Å²) in [6.07, 6.45) is 6.06. The standard InChI is InChI=1S/C12H16FN3O/c13-9-5-8(6-15-7-9)12(17)16-11-3-1-10(14)2-4-11/h5-7,10-11H,1-4,14H2,(H,16,17)/t10-,11-. The molecule has 1 fully saturated rings. The van der Waals surface area contributed by atoms with Crippen LogP contribution in [0.15, 0.2) is 18.5 Å². The highest BCUT2D eigenvalue weighted by atomic mass is 19.1. The van der Waals surface area contributed by atoms with Crippen molar-refractivity contribution in [1.82, 2.24) is 10.3 Å². The van der Waals surface area contributed by atoms with Gasteiger partial charge in [0, 0.05) is 18.3 Å². The Labute approximate surface area is 99.4 Å². The van der Waals surface area contributed by atoms with Gasteiger partial charge in [0.1, 0.15) is 5.82 Å². The third-order valence-electron chi connectivity index (χ3n) is 3.07. The average Bonchev–Trinajstić information content (AvgIpc) is 2.32. The molecule has 0 unspecified atom stereocenters. The van der Waals surface area contributed by atoms with E-state index in [0.29, 0.717) is 0 Å². The molecule has 0 bridgehead atoms. The maximum atomic E-state index is 12.9. The highest BCUT2D eigenvalue weighted by molar-refractivity contribution is 5.94. The van der Waals surface area contributed by atoms with E-state index in [-0.39, 0.29) is 23.6 Å². The van der Waals surface area contributed by atoms with Crippen LogP contribution >= 0.6 is 0 Å². The van der Waals surface area contributed by atoms with Crippen LogP contribution in [0, 0.1) is 5.82 Å². The van der Waals surface area contributed by atoms with Crippen molar-refractivity contribution in [3.63, 3.8) is 0 Å². The van der Waals surface area contributed by atoms with E-state index in [1.54, 1.807) is 0 Å². The van der Waals surface area contributed by atoms with Gasteiger partial charge < -0.3 is 11.1 Å². The first kappa shape index (κ1) is 12.0. The molecular formula is C12H16FN3O. The highest BCUT2D eigenvalue weighted by Crippen LogP contribution is 2.17. The number of nitrogens with zero attached hydrogens (tertiary/aromatic N) is 1. The normalized spacial score (nSPS) is 24.4. The van der Waals surface area contributed by atoms with E-state index < -0.39 is 5.82 Å². The fourth-order valence-electron chi connectivity index (χ4n) is 2.07. The molecule has 0 aromatic carbocycles. The van der Waals surface area contributed by atoms with Gasteiger partial charge in [0.05, 0.1) is 11.8 Å². The molecule has 1 aromatic heterocycles. The molecule has 0 atom stereocenters. The minimum atomic E-state index is -0.497. The zero-order valence-corrected chi connectivity index (χ0v) is 9.53. The molecule has 1 aliphatic rings. The van der Waals surface area contributed by atoms with E-state index in [2.05, 4.69) is 10.3 Å². The van der Waals surface area contributed by atoms with Gasteiger partial charge in [0.2, 0.25) is 0 Å². The first-order valence-corrected chi connectivity index (χ1v) is 5.82. The maximum absolute atomic E-state index is 12.9. The van der Waals surface area contributed by atoms with E-state index in [1.165, 1.54) is 12.3 Å². The van der Waals surface area contributed by atoms with Crippen LogP contribution in [0.2, 0.25) is 0 Å². The lowest BCUT2D eigenvalue weighted by Gasteiger charge is -2.26. The molecular weight excluding hydrogens is 221 g/mol. The number of hydrogen-bond acceptors (Lipinski definition) is 3. The lowest BCUT2D eigenvalue weighted by molar-refractivity contribution is 0.0925. The summed E-state index contributed by atoms with van der Waals surface area (Å²) in [4.78, 5) is 15.5. The van der Waals surface area contributed by atoms with Gasteiger partial charge in [-0.1, -0.05) is 0 Å². The minimum absolute atomic E-state index is 0.144. The number of pyridine rings is 1. The van der Waals surface area contributed by atoms with Gasteiger partial charge in [0.25, 0.3) is 5.91 Å². The topological polar surface area (TPSA) is 68.0 Å². The van der Waals surface area contributed by atoms with Crippen LogP contribution in [0.25, 0.3) is 0 Å². The Morgan fingerprint density at radius 2 is 2.06 bits per heavy atom. The van der Waals surface area contributed by atoms with E-state index >= 15 is 0 Å². The summed E-state index contributed by atoms with van der Waals surface area (Å²) in [5, 5.41) is 2.88. The molecule has 92 valence electrons. The first-order chi connectivity index (χ1) is 8.15. The van der Waals surface area contributed by atoms with Crippen molar-refractivity contribution >= 4 is 5.91 Å². The summed E-state index contributed by atoms with van der Waals surface area (Å²) in [6, 6.07) is 1.58. The van der Waals surface area contributed by atoms with Crippen LogP contribution in [0.1, 0.15) is 36.0 Å². The Bertz CT molecular complexity index is 402. The third kappa shape index (κ3) is 3.23. The fourth-order valence-corrected chi connectivity index (χ4v) is 2.07. The number of carbonyl (C=O) groups excluding carboxylic acids is 1. The second-order valence-electron chi connectivity index (χ2n) is 4.48. The largest absolute Gasteiger partial charge is 0.349 e. The van der Waals surface area contributed by atoms with Crippen molar-refractivity contribution in [2.24, 2.45) is 5.73 Å². The molecule has 4 nitrogen and oxygen atoms in total. The molecule has 1 amide bonds. The molecule has 1 aromatic rings. The van der Waals surface area contributed by atoms with Crippen molar-refractivity contribution in [3.05, 3.63) is 29.8 Å². The number of nitrogens with one attached hydrogen (secondary N) is 1. The van der Waals surface area contributed by atoms with Crippen LogP contribution < -0.4 is 11.1 Å². The number of halogens is 1. The van der Waals surface area contributed by atoms with Crippen molar-refractivity contribution in [2.45, 2.75) is 37.8 Å². The number of carbonyl (C=O) groups is 1. The van der Waals surface area contributed by atoms with Gasteiger partial charge in [-0.25, -0.2) is 4.39 Å². The Balaban J connectivity index is 1.93. The molecule has 1 saturated carbocycles. The molecule has 1 aliphatic carbocycles. The molecule has 3 N–H and O–H groups in total. The molecule has 0 aliphatic heterocycles. The van der Waals surface area contributed by atoms with Crippen molar-refractivity contribution in [2.75, 3.05) is 0 Å². The number of rotatable bonds is 2. The predicted octanol–water partition coefficient (Wildman–Crippen LogP) is 1.22. The number of hydrogen-bond donors (Lipinski definition) is 2. The number of nitrogens with two attached hydrogens (primary N) is 1. The summed E-state index contributed by atoms with van der Waals surface area (Å²) in [6.45, 7) is 0. The average molecular weight is 237 g/mol. The molecule has 2 rings (SSSR count). The lowest BCUT2D eigenvalue weighted by Crippen LogP contribution is -2.40. The van der Waals surface area contributed by atoms with Gasteiger partial charge in [-0.3, -0.25) is 9.78 Å². The molecule has 1 heterocycles. The first-order valence-electron chi connectivity index (χ1n) is 5.82. The van der Waals surface area contributed by atoms with Crippen molar-refractivity contribution < 1.29 is 9.18 Å². The van der Waals surface area contributed by atoms with Gasteiger partial charge in [-0.15, -0.1) is 0 Å². The molecule has 0 saturated heterocycles. The lowest BCUT2D eigenvalue weighted by atomic mass is 9.92. The second kappa shape index (κ2) is 5.23. The van der Waals surface area contributed by atoms with Crippen molar-refractivity contribution in [3.8, 4) is 0 Å². The van der Waals surface area contributed by atoms with E-state index in [9.17, 15) is 9.18 Å². The highest BCUT2D eigenvalue weighted by Gasteiger charge is 2.20. The number of aromatic nitrogens is 1. The maximum Gasteiger partial charge on any atom is 0.253 e. The van der Waals surface area contributed by atoms with E-state index in [0.717, 1.165) is 31.9 Å². The van der Waals surface area contributed by atoms with Gasteiger partial charge in [-0.2, -0.15) is 0 Å². The Morgan fingerprint density at radius 1 is 1.35 bits per heavy atom. The van der Waals surface area contributed by atoms with Gasteiger partial charge >= 0.3 is 0 Å². The van der Waals surface area contributed by atoms with Gasteiger partial charge in [0.15, 0.2) is 0 Å². The van der Waals surface area contributed by atoms with E-state index in [4.69, 9.17) is 5.73 Å². The Kier molecular flexibility index (Phi) is 3.68. The van der Waals surface area contributed by atoms with Crippen LogP contribution in [0.4, 0.5) is 4.39 Å². The zero-order valence-electron chi connectivity index (χ0n) is 9.53.